The first kappa shape index (κ1) is 13.4. The van der Waals surface area contributed by atoms with E-state index >= 15 is 0 Å². The van der Waals surface area contributed by atoms with Crippen molar-refractivity contribution in [3.8, 4) is 0 Å². The Bertz CT molecular complexity index is 713. The zero-order valence-electron chi connectivity index (χ0n) is 12.0. The van der Waals surface area contributed by atoms with Crippen LogP contribution in [-0.4, -0.2) is 16.9 Å². The number of hydrogen-bond donors (Lipinski definition) is 2. The van der Waals surface area contributed by atoms with E-state index < -0.39 is 0 Å². The van der Waals surface area contributed by atoms with E-state index in [1.54, 1.807) is 0 Å². The summed E-state index contributed by atoms with van der Waals surface area (Å²) in [6.45, 7) is 2.02. The van der Waals surface area contributed by atoms with Gasteiger partial charge in [-0.1, -0.05) is 48.5 Å². The maximum Gasteiger partial charge on any atom is 0.267 e. The number of hydrogen-bond acceptors (Lipinski definition) is 1. The Balaban J connectivity index is 1.68. The molecule has 3 aromatic rings. The van der Waals surface area contributed by atoms with Crippen LogP contribution in [0.1, 0.15) is 23.0 Å². The molecule has 0 saturated carbocycles. The minimum atomic E-state index is -0.0605. The average Bonchev–Trinajstić information content (AvgIpc) is 2.92. The smallest absolute Gasteiger partial charge is 0.267 e. The number of para-hydroxylation sites is 1. The molecule has 3 rings (SSSR count). The van der Waals surface area contributed by atoms with Crippen LogP contribution in [0.15, 0.2) is 60.7 Å². The van der Waals surface area contributed by atoms with Crippen LogP contribution in [0.25, 0.3) is 10.9 Å². The predicted octanol–water partition coefficient (Wildman–Crippen LogP) is 3.53. The van der Waals surface area contributed by atoms with Crippen LogP contribution >= 0.6 is 0 Å². The van der Waals surface area contributed by atoms with Gasteiger partial charge in [0.25, 0.3) is 5.91 Å². The summed E-state index contributed by atoms with van der Waals surface area (Å²) >= 11 is 0. The molecular formula is C18H18N2O. The van der Waals surface area contributed by atoms with Gasteiger partial charge in [-0.15, -0.1) is 0 Å². The molecule has 0 aliphatic heterocycles. The summed E-state index contributed by atoms with van der Waals surface area (Å²) in [5.74, 6) is -0.0605. The Morgan fingerprint density at radius 1 is 1.10 bits per heavy atom. The molecule has 21 heavy (non-hydrogen) atoms. The number of nitrogens with one attached hydrogen (secondary N) is 2. The van der Waals surface area contributed by atoms with E-state index in [1.165, 1.54) is 5.56 Å². The second-order valence-electron chi connectivity index (χ2n) is 5.33. The molecule has 0 fully saturated rings. The standard InChI is InChI=1S/C18H18N2O/c1-13(11-14-7-3-2-4-8-14)19-18(21)17-12-15-9-5-6-10-16(15)20-17/h2-10,12-13,20H,11H2,1H3,(H,19,21). The van der Waals surface area contributed by atoms with E-state index in [9.17, 15) is 4.79 Å². The van der Waals surface area contributed by atoms with Crippen molar-refractivity contribution >= 4 is 16.8 Å². The molecule has 3 heteroatoms. The predicted molar refractivity (Wildman–Crippen MR) is 85.4 cm³/mol. The summed E-state index contributed by atoms with van der Waals surface area (Å²) in [5.41, 5.74) is 2.82. The Labute approximate surface area is 124 Å². The largest absolute Gasteiger partial charge is 0.351 e. The fraction of sp³-hybridized carbons (Fsp3) is 0.167. The first-order chi connectivity index (χ1) is 10.2. The fourth-order valence-electron chi connectivity index (χ4n) is 2.52. The summed E-state index contributed by atoms with van der Waals surface area (Å²) in [5, 5.41) is 4.09. The molecule has 0 aliphatic rings. The van der Waals surface area contributed by atoms with Crippen LogP contribution < -0.4 is 5.32 Å². The number of H-pyrrole nitrogens is 1. The molecule has 1 aromatic heterocycles. The monoisotopic (exact) mass is 278 g/mol. The van der Waals surface area contributed by atoms with Crippen LogP contribution in [-0.2, 0) is 6.42 Å². The lowest BCUT2D eigenvalue weighted by Crippen LogP contribution is -2.34. The van der Waals surface area contributed by atoms with Crippen molar-refractivity contribution in [3.05, 3.63) is 71.9 Å². The van der Waals surface area contributed by atoms with Crippen LogP contribution in [0, 0.1) is 0 Å². The van der Waals surface area contributed by atoms with E-state index in [1.807, 2.05) is 55.5 Å². The molecule has 1 atom stereocenters. The van der Waals surface area contributed by atoms with Gasteiger partial charge < -0.3 is 10.3 Å². The zero-order valence-corrected chi connectivity index (χ0v) is 12.0. The number of fused-ring (bicyclic) bond motifs is 1. The van der Waals surface area contributed by atoms with E-state index in [0.29, 0.717) is 5.69 Å². The molecule has 2 aromatic carbocycles. The van der Waals surface area contributed by atoms with Crippen molar-refractivity contribution in [2.24, 2.45) is 0 Å². The van der Waals surface area contributed by atoms with E-state index in [2.05, 4.69) is 22.4 Å². The van der Waals surface area contributed by atoms with Gasteiger partial charge in [0.15, 0.2) is 0 Å². The Hall–Kier alpha value is -2.55. The number of carbonyl (C=O) groups excluding carboxylic acids is 1. The Morgan fingerprint density at radius 2 is 1.81 bits per heavy atom. The van der Waals surface area contributed by atoms with Gasteiger partial charge in [0.05, 0.1) is 0 Å². The maximum atomic E-state index is 12.3. The number of amides is 1. The molecule has 3 nitrogen and oxygen atoms in total. The first-order valence-corrected chi connectivity index (χ1v) is 7.15. The van der Waals surface area contributed by atoms with Crippen molar-refractivity contribution in [2.45, 2.75) is 19.4 Å². The second-order valence-corrected chi connectivity index (χ2v) is 5.33. The highest BCUT2D eigenvalue weighted by atomic mass is 16.1. The van der Waals surface area contributed by atoms with E-state index in [-0.39, 0.29) is 11.9 Å². The SMILES string of the molecule is CC(Cc1ccccc1)NC(=O)c1cc2ccccc2[nH]1. The lowest BCUT2D eigenvalue weighted by atomic mass is 10.1. The summed E-state index contributed by atoms with van der Waals surface area (Å²) in [6, 6.07) is 20.0. The number of carbonyl (C=O) groups is 1. The van der Waals surface area contributed by atoms with Crippen LogP contribution in [0.3, 0.4) is 0 Å². The molecule has 2 N–H and O–H groups in total. The highest BCUT2D eigenvalue weighted by Gasteiger charge is 2.12. The summed E-state index contributed by atoms with van der Waals surface area (Å²) < 4.78 is 0. The lowest BCUT2D eigenvalue weighted by molar-refractivity contribution is 0.0936. The minimum absolute atomic E-state index is 0.0605. The summed E-state index contributed by atoms with van der Waals surface area (Å²) in [6.07, 6.45) is 0.826. The number of rotatable bonds is 4. The molecule has 1 amide bonds. The van der Waals surface area contributed by atoms with Gasteiger partial charge in [0.1, 0.15) is 5.69 Å². The number of aromatic nitrogens is 1. The number of aromatic amines is 1. The Kier molecular flexibility index (Phi) is 3.73. The number of benzene rings is 2. The van der Waals surface area contributed by atoms with Crippen molar-refractivity contribution in [1.29, 1.82) is 0 Å². The molecule has 0 aliphatic carbocycles. The Morgan fingerprint density at radius 3 is 2.57 bits per heavy atom. The zero-order chi connectivity index (χ0) is 14.7. The molecule has 1 unspecified atom stereocenters. The average molecular weight is 278 g/mol. The topological polar surface area (TPSA) is 44.9 Å². The second kappa shape index (κ2) is 5.83. The van der Waals surface area contributed by atoms with Gasteiger partial charge in [0, 0.05) is 16.9 Å². The molecule has 0 radical (unpaired) electrons. The third kappa shape index (κ3) is 3.14. The molecule has 1 heterocycles. The third-order valence-corrected chi connectivity index (χ3v) is 3.54. The summed E-state index contributed by atoms with van der Waals surface area (Å²) in [7, 11) is 0. The van der Waals surface area contributed by atoms with E-state index in [4.69, 9.17) is 0 Å². The van der Waals surface area contributed by atoms with Gasteiger partial charge in [-0.25, -0.2) is 0 Å². The fourth-order valence-corrected chi connectivity index (χ4v) is 2.52. The molecule has 0 saturated heterocycles. The highest BCUT2D eigenvalue weighted by Crippen LogP contribution is 2.14. The summed E-state index contributed by atoms with van der Waals surface area (Å²) in [4.78, 5) is 15.4. The molecule has 0 spiro atoms. The normalized spacial score (nSPS) is 12.2. The van der Waals surface area contributed by atoms with Crippen molar-refractivity contribution in [2.75, 3.05) is 0 Å². The van der Waals surface area contributed by atoms with Gasteiger partial charge in [-0.3, -0.25) is 4.79 Å². The van der Waals surface area contributed by atoms with Gasteiger partial charge in [0.2, 0.25) is 0 Å². The van der Waals surface area contributed by atoms with Crippen molar-refractivity contribution in [3.63, 3.8) is 0 Å². The lowest BCUT2D eigenvalue weighted by Gasteiger charge is -2.13. The van der Waals surface area contributed by atoms with Crippen molar-refractivity contribution < 1.29 is 4.79 Å². The minimum Gasteiger partial charge on any atom is -0.351 e. The van der Waals surface area contributed by atoms with Crippen LogP contribution in [0.4, 0.5) is 0 Å². The van der Waals surface area contributed by atoms with Gasteiger partial charge in [-0.2, -0.15) is 0 Å². The first-order valence-electron chi connectivity index (χ1n) is 7.15. The van der Waals surface area contributed by atoms with Gasteiger partial charge >= 0.3 is 0 Å². The highest BCUT2D eigenvalue weighted by molar-refractivity contribution is 5.98. The van der Waals surface area contributed by atoms with Crippen molar-refractivity contribution in [1.82, 2.24) is 10.3 Å². The van der Waals surface area contributed by atoms with Gasteiger partial charge in [-0.05, 0) is 31.0 Å². The maximum absolute atomic E-state index is 12.3. The molecular weight excluding hydrogens is 260 g/mol. The molecule has 0 bridgehead atoms. The quantitative estimate of drug-likeness (QED) is 0.753. The molecule has 106 valence electrons. The third-order valence-electron chi connectivity index (χ3n) is 3.54. The van der Waals surface area contributed by atoms with Crippen LogP contribution in [0.2, 0.25) is 0 Å². The van der Waals surface area contributed by atoms with E-state index in [0.717, 1.165) is 17.3 Å². The van der Waals surface area contributed by atoms with Crippen LogP contribution in [0.5, 0.6) is 0 Å².